The summed E-state index contributed by atoms with van der Waals surface area (Å²) in [5.41, 5.74) is -0.239. The lowest BCUT2D eigenvalue weighted by atomic mass is 10.2. The van der Waals surface area contributed by atoms with Crippen molar-refractivity contribution in [2.45, 2.75) is 20.0 Å². The summed E-state index contributed by atoms with van der Waals surface area (Å²) < 4.78 is 40.0. The number of hydrogen-bond donors (Lipinski definition) is 1. The van der Waals surface area contributed by atoms with Gasteiger partial charge in [0.1, 0.15) is 16.3 Å². The zero-order valence-corrected chi connectivity index (χ0v) is 13.8. The van der Waals surface area contributed by atoms with Gasteiger partial charge in [-0.15, -0.1) is 11.3 Å². The van der Waals surface area contributed by atoms with Crippen molar-refractivity contribution >= 4 is 27.2 Å². The topological polar surface area (TPSA) is 75.9 Å². The Hall–Kier alpha value is -2.75. The number of aryl methyl sites for hydroxylation is 2. The molecule has 0 aliphatic carbocycles. The minimum atomic E-state index is -4.57. The Bertz CT molecular complexity index is 1190. The summed E-state index contributed by atoms with van der Waals surface area (Å²) in [6, 6.07) is 0.842. The summed E-state index contributed by atoms with van der Waals surface area (Å²) in [5.74, 6) is 0.139. The maximum Gasteiger partial charge on any atom is 0.433 e. The number of alkyl halides is 3. The van der Waals surface area contributed by atoms with Gasteiger partial charge in [0.2, 0.25) is 0 Å². The fourth-order valence-corrected chi connectivity index (χ4v) is 3.69. The molecular weight excluding hydrogens is 355 g/mol. The van der Waals surface area contributed by atoms with Crippen LogP contribution in [0.25, 0.3) is 27.3 Å². The monoisotopic (exact) mass is 365 g/mol. The molecule has 0 unspecified atom stereocenters. The van der Waals surface area contributed by atoms with Crippen molar-refractivity contribution < 1.29 is 13.2 Å². The predicted molar refractivity (Wildman–Crippen MR) is 86.7 cm³/mol. The van der Waals surface area contributed by atoms with Gasteiger partial charge in [0.15, 0.2) is 5.65 Å². The Balaban J connectivity index is 2.00. The Labute approximate surface area is 142 Å². The number of aromatic nitrogens is 5. The first-order valence-corrected chi connectivity index (χ1v) is 7.99. The Morgan fingerprint density at radius 3 is 2.76 bits per heavy atom. The molecule has 10 heteroatoms. The Morgan fingerprint density at radius 1 is 1.28 bits per heavy atom. The zero-order valence-electron chi connectivity index (χ0n) is 13.0. The van der Waals surface area contributed by atoms with Gasteiger partial charge in [-0.1, -0.05) is 0 Å². The van der Waals surface area contributed by atoms with Crippen LogP contribution >= 0.6 is 11.3 Å². The van der Waals surface area contributed by atoms with Crippen LogP contribution < -0.4 is 5.56 Å². The van der Waals surface area contributed by atoms with E-state index in [1.165, 1.54) is 17.5 Å². The summed E-state index contributed by atoms with van der Waals surface area (Å²) in [4.78, 5) is 24.8. The SMILES string of the molecule is Cc1sc2nc(-c3cnn4c(C(F)(F)F)ccnc34)[nH]c(=O)c2c1C. The van der Waals surface area contributed by atoms with Gasteiger partial charge < -0.3 is 4.98 Å². The van der Waals surface area contributed by atoms with E-state index in [9.17, 15) is 18.0 Å². The standard InChI is InChI=1S/C15H10F3N5OS/c1-6-7(2)25-14-10(6)13(24)21-11(22-14)8-5-20-23-9(15(16,17)18)3-4-19-12(8)23/h3-5H,1-2H3,(H,21,22,24). The van der Waals surface area contributed by atoms with Crippen molar-refractivity contribution in [3.63, 3.8) is 0 Å². The summed E-state index contributed by atoms with van der Waals surface area (Å²) in [7, 11) is 0. The normalized spacial score (nSPS) is 12.4. The summed E-state index contributed by atoms with van der Waals surface area (Å²) in [6.45, 7) is 3.71. The highest BCUT2D eigenvalue weighted by atomic mass is 32.1. The van der Waals surface area contributed by atoms with E-state index in [2.05, 4.69) is 20.1 Å². The van der Waals surface area contributed by atoms with Crippen LogP contribution in [0.1, 0.15) is 16.1 Å². The van der Waals surface area contributed by atoms with Gasteiger partial charge in [-0.3, -0.25) is 4.79 Å². The lowest BCUT2D eigenvalue weighted by molar-refractivity contribution is -0.142. The van der Waals surface area contributed by atoms with Gasteiger partial charge >= 0.3 is 6.18 Å². The molecule has 4 heterocycles. The Morgan fingerprint density at radius 2 is 2.04 bits per heavy atom. The van der Waals surface area contributed by atoms with E-state index < -0.39 is 11.9 Å². The number of nitrogens with one attached hydrogen (secondary N) is 1. The highest BCUT2D eigenvalue weighted by Crippen LogP contribution is 2.32. The first-order chi connectivity index (χ1) is 11.8. The largest absolute Gasteiger partial charge is 0.433 e. The molecule has 1 N–H and O–H groups in total. The second-order valence-electron chi connectivity index (χ2n) is 5.50. The molecule has 0 saturated heterocycles. The van der Waals surface area contributed by atoms with E-state index in [0.29, 0.717) is 14.7 Å². The number of thiophene rings is 1. The van der Waals surface area contributed by atoms with Crippen molar-refractivity contribution in [1.29, 1.82) is 0 Å². The maximum absolute atomic E-state index is 13.1. The van der Waals surface area contributed by atoms with Crippen molar-refractivity contribution in [2.24, 2.45) is 0 Å². The summed E-state index contributed by atoms with van der Waals surface area (Å²) in [6.07, 6.45) is -2.30. The molecule has 0 radical (unpaired) electrons. The van der Waals surface area contributed by atoms with Crippen LogP contribution in [-0.2, 0) is 6.18 Å². The van der Waals surface area contributed by atoms with Crippen molar-refractivity contribution in [3.8, 4) is 11.4 Å². The zero-order chi connectivity index (χ0) is 17.9. The molecule has 0 aliphatic heterocycles. The number of aromatic amines is 1. The average Bonchev–Trinajstić information content (AvgIpc) is 3.08. The molecule has 4 rings (SSSR count). The van der Waals surface area contributed by atoms with E-state index in [1.807, 2.05) is 13.8 Å². The second kappa shape index (κ2) is 5.12. The molecule has 0 bridgehead atoms. The highest BCUT2D eigenvalue weighted by molar-refractivity contribution is 7.18. The van der Waals surface area contributed by atoms with Gasteiger partial charge in [0.25, 0.3) is 5.56 Å². The van der Waals surface area contributed by atoms with Crippen LogP contribution in [0.5, 0.6) is 0 Å². The molecule has 0 atom stereocenters. The number of nitrogens with zero attached hydrogens (tertiary/aromatic N) is 4. The minimum Gasteiger partial charge on any atom is -0.306 e. The van der Waals surface area contributed by atoms with E-state index in [1.54, 1.807) is 0 Å². The van der Waals surface area contributed by atoms with Gasteiger partial charge in [0, 0.05) is 11.1 Å². The molecule has 0 spiro atoms. The van der Waals surface area contributed by atoms with Crippen LogP contribution in [0.3, 0.4) is 0 Å². The van der Waals surface area contributed by atoms with E-state index >= 15 is 0 Å². The summed E-state index contributed by atoms with van der Waals surface area (Å²) >= 11 is 1.36. The molecule has 0 aromatic carbocycles. The summed E-state index contributed by atoms with van der Waals surface area (Å²) in [5, 5.41) is 4.26. The third-order valence-corrected chi connectivity index (χ3v) is 5.09. The Kier molecular flexibility index (Phi) is 3.23. The van der Waals surface area contributed by atoms with Gasteiger partial charge in [-0.25, -0.2) is 14.5 Å². The second-order valence-corrected chi connectivity index (χ2v) is 6.70. The molecule has 0 saturated carbocycles. The lowest BCUT2D eigenvalue weighted by Gasteiger charge is -2.08. The lowest BCUT2D eigenvalue weighted by Crippen LogP contribution is -2.13. The quantitative estimate of drug-likeness (QED) is 0.561. The molecule has 0 aliphatic rings. The number of rotatable bonds is 1. The first kappa shape index (κ1) is 15.8. The fraction of sp³-hybridized carbons (Fsp3) is 0.200. The molecule has 0 amide bonds. The van der Waals surface area contributed by atoms with Gasteiger partial charge in [-0.2, -0.15) is 18.3 Å². The van der Waals surface area contributed by atoms with E-state index in [-0.39, 0.29) is 22.6 Å². The minimum absolute atomic E-state index is 0.0256. The average molecular weight is 365 g/mol. The van der Waals surface area contributed by atoms with Crippen LogP contribution in [0.15, 0.2) is 23.3 Å². The van der Waals surface area contributed by atoms with Crippen molar-refractivity contribution in [3.05, 3.63) is 44.9 Å². The maximum atomic E-state index is 13.1. The van der Waals surface area contributed by atoms with Crippen LogP contribution in [0, 0.1) is 13.8 Å². The van der Waals surface area contributed by atoms with Gasteiger partial charge in [0.05, 0.1) is 17.1 Å². The molecule has 25 heavy (non-hydrogen) atoms. The van der Waals surface area contributed by atoms with Crippen LogP contribution in [0.4, 0.5) is 13.2 Å². The molecule has 4 aromatic rings. The van der Waals surface area contributed by atoms with Crippen molar-refractivity contribution in [1.82, 2.24) is 24.6 Å². The van der Waals surface area contributed by atoms with Crippen LogP contribution in [0.2, 0.25) is 0 Å². The molecule has 0 fully saturated rings. The first-order valence-electron chi connectivity index (χ1n) is 7.17. The third-order valence-electron chi connectivity index (χ3n) is 3.99. The van der Waals surface area contributed by atoms with E-state index in [0.717, 1.165) is 22.7 Å². The predicted octanol–water partition coefficient (Wildman–Crippen LogP) is 3.33. The smallest absolute Gasteiger partial charge is 0.306 e. The molecule has 6 nitrogen and oxygen atoms in total. The van der Waals surface area contributed by atoms with E-state index in [4.69, 9.17) is 0 Å². The molecule has 128 valence electrons. The third kappa shape index (κ3) is 2.32. The van der Waals surface area contributed by atoms with Gasteiger partial charge in [-0.05, 0) is 25.5 Å². The molecular formula is C15H10F3N5OS. The number of hydrogen-bond acceptors (Lipinski definition) is 5. The van der Waals surface area contributed by atoms with Crippen LogP contribution in [-0.4, -0.2) is 24.6 Å². The highest BCUT2D eigenvalue weighted by Gasteiger charge is 2.34. The number of H-pyrrole nitrogens is 1. The fourth-order valence-electron chi connectivity index (χ4n) is 2.66. The van der Waals surface area contributed by atoms with Crippen molar-refractivity contribution in [2.75, 3.05) is 0 Å². The number of halogens is 3. The molecule has 4 aromatic heterocycles. The number of fused-ring (bicyclic) bond motifs is 2.